The highest BCUT2D eigenvalue weighted by Crippen LogP contribution is 2.36. The van der Waals surface area contributed by atoms with Crippen molar-refractivity contribution in [3.05, 3.63) is 102 Å². The number of carboxylic acid groups (broad SMARTS) is 1. The minimum Gasteiger partial charge on any atom is -0.481 e. The van der Waals surface area contributed by atoms with Crippen LogP contribution in [0, 0.1) is 0 Å². The molecule has 0 unspecified atom stereocenters. The van der Waals surface area contributed by atoms with Gasteiger partial charge in [-0.25, -0.2) is 0 Å². The highest BCUT2D eigenvalue weighted by atomic mass is 16.5. The van der Waals surface area contributed by atoms with Gasteiger partial charge >= 0.3 is 11.9 Å². The summed E-state index contributed by atoms with van der Waals surface area (Å²) in [6.45, 7) is 0. The minimum absolute atomic E-state index is 0.0339. The normalized spacial score (nSPS) is 11.7. The highest BCUT2D eigenvalue weighted by Gasteiger charge is 2.32. The Labute approximate surface area is 176 Å². The van der Waals surface area contributed by atoms with E-state index in [9.17, 15) is 14.7 Å². The molecule has 0 saturated carbocycles. The fourth-order valence-electron chi connectivity index (χ4n) is 3.70. The van der Waals surface area contributed by atoms with Crippen molar-refractivity contribution in [3.8, 4) is 0 Å². The highest BCUT2D eigenvalue weighted by molar-refractivity contribution is 5.75. The Morgan fingerprint density at radius 2 is 1.27 bits per heavy atom. The maximum Gasteiger partial charge on any atom is 0.307 e. The van der Waals surface area contributed by atoms with Crippen LogP contribution < -0.4 is 4.90 Å². The lowest BCUT2D eigenvalue weighted by atomic mass is 9.93. The molecule has 1 atom stereocenters. The molecule has 0 amide bonds. The Hall–Kier alpha value is -3.60. The molecule has 0 fully saturated rings. The Morgan fingerprint density at radius 1 is 0.800 bits per heavy atom. The number of carbonyl (C=O) groups is 2. The molecule has 3 aromatic rings. The maximum absolute atomic E-state index is 12.2. The average Bonchev–Trinajstić information content (AvgIpc) is 2.78. The monoisotopic (exact) mass is 403 g/mol. The summed E-state index contributed by atoms with van der Waals surface area (Å²) in [7, 11) is 1.32. The van der Waals surface area contributed by atoms with Crippen LogP contribution in [0.5, 0.6) is 0 Å². The second kappa shape index (κ2) is 10.3. The number of carbonyl (C=O) groups excluding carboxylic acids is 1. The van der Waals surface area contributed by atoms with Gasteiger partial charge in [0, 0.05) is 5.69 Å². The van der Waals surface area contributed by atoms with Gasteiger partial charge in [0.05, 0.1) is 32.0 Å². The van der Waals surface area contributed by atoms with E-state index in [-0.39, 0.29) is 18.9 Å². The van der Waals surface area contributed by atoms with Crippen LogP contribution in [0.3, 0.4) is 0 Å². The molecule has 0 heterocycles. The van der Waals surface area contributed by atoms with Crippen LogP contribution >= 0.6 is 0 Å². The van der Waals surface area contributed by atoms with Crippen molar-refractivity contribution in [1.82, 2.24) is 0 Å². The Morgan fingerprint density at radius 3 is 1.70 bits per heavy atom. The summed E-state index contributed by atoms with van der Waals surface area (Å²) in [4.78, 5) is 25.9. The largest absolute Gasteiger partial charge is 0.481 e. The number of aliphatic carboxylic acids is 1. The lowest BCUT2D eigenvalue weighted by Crippen LogP contribution is -2.42. The van der Waals surface area contributed by atoms with Gasteiger partial charge in [-0.1, -0.05) is 78.9 Å². The Kier molecular flexibility index (Phi) is 7.22. The van der Waals surface area contributed by atoms with Crippen molar-refractivity contribution in [2.45, 2.75) is 24.9 Å². The number of ether oxygens (including phenoxy) is 1. The molecule has 5 heteroatoms. The van der Waals surface area contributed by atoms with Gasteiger partial charge in [0.25, 0.3) is 0 Å². The zero-order valence-corrected chi connectivity index (χ0v) is 16.8. The molecule has 0 aliphatic carbocycles. The number of nitrogens with zero attached hydrogens (tertiary/aromatic N) is 1. The lowest BCUT2D eigenvalue weighted by molar-refractivity contribution is -0.141. The topological polar surface area (TPSA) is 66.8 Å². The second-order valence-corrected chi connectivity index (χ2v) is 7.00. The van der Waals surface area contributed by atoms with Gasteiger partial charge in [0.2, 0.25) is 0 Å². The van der Waals surface area contributed by atoms with Crippen LogP contribution in [-0.4, -0.2) is 30.2 Å². The van der Waals surface area contributed by atoms with Crippen molar-refractivity contribution in [3.63, 3.8) is 0 Å². The number of hydrogen-bond acceptors (Lipinski definition) is 4. The van der Waals surface area contributed by atoms with E-state index in [0.29, 0.717) is 0 Å². The van der Waals surface area contributed by atoms with Crippen molar-refractivity contribution < 1.29 is 19.4 Å². The average molecular weight is 403 g/mol. The van der Waals surface area contributed by atoms with Gasteiger partial charge in [0.15, 0.2) is 0 Å². The first-order chi connectivity index (χ1) is 14.6. The van der Waals surface area contributed by atoms with E-state index >= 15 is 0 Å². The van der Waals surface area contributed by atoms with E-state index < -0.39 is 18.0 Å². The van der Waals surface area contributed by atoms with Crippen LogP contribution in [-0.2, 0) is 14.3 Å². The van der Waals surface area contributed by atoms with Crippen LogP contribution in [0.4, 0.5) is 5.69 Å². The number of anilines is 1. The maximum atomic E-state index is 12.2. The zero-order valence-electron chi connectivity index (χ0n) is 16.8. The van der Waals surface area contributed by atoms with Crippen molar-refractivity contribution in [1.29, 1.82) is 0 Å². The van der Waals surface area contributed by atoms with Gasteiger partial charge in [-0.2, -0.15) is 0 Å². The minimum atomic E-state index is -0.968. The van der Waals surface area contributed by atoms with E-state index in [1.807, 2.05) is 95.9 Å². The third kappa shape index (κ3) is 5.26. The summed E-state index contributed by atoms with van der Waals surface area (Å²) in [5.41, 5.74) is 2.85. The standard InChI is InChI=1S/C25H25NO4/c1-30-24(29)18-22(17-23(27)28)26(21-15-9-4-10-16-21)25(19-11-5-2-6-12-19)20-13-7-3-8-14-20/h2-16,22,25H,17-18H2,1H3,(H,27,28)/t22-/m0/s1. The van der Waals surface area contributed by atoms with E-state index in [0.717, 1.165) is 16.8 Å². The summed E-state index contributed by atoms with van der Waals surface area (Å²) >= 11 is 0. The predicted octanol–water partition coefficient (Wildman–Crippen LogP) is 4.69. The van der Waals surface area contributed by atoms with E-state index in [1.165, 1.54) is 7.11 Å². The molecule has 0 aliphatic heterocycles. The lowest BCUT2D eigenvalue weighted by Gasteiger charge is -2.40. The number of rotatable bonds is 9. The molecule has 5 nitrogen and oxygen atoms in total. The van der Waals surface area contributed by atoms with Crippen LogP contribution in [0.15, 0.2) is 91.0 Å². The SMILES string of the molecule is COC(=O)C[C@H](CC(=O)O)N(c1ccccc1)C(c1ccccc1)c1ccccc1. The molecule has 30 heavy (non-hydrogen) atoms. The summed E-state index contributed by atoms with van der Waals surface area (Å²) in [5.74, 6) is -1.41. The quantitative estimate of drug-likeness (QED) is 0.525. The number of hydrogen-bond donors (Lipinski definition) is 1. The van der Waals surface area contributed by atoms with Gasteiger partial charge in [-0.15, -0.1) is 0 Å². The molecular formula is C25H25NO4. The summed E-state index contributed by atoms with van der Waals surface area (Å²) in [5, 5.41) is 9.61. The molecule has 0 aromatic heterocycles. The third-order valence-electron chi connectivity index (χ3n) is 5.00. The molecule has 1 N–H and O–H groups in total. The van der Waals surface area contributed by atoms with Crippen molar-refractivity contribution >= 4 is 17.6 Å². The van der Waals surface area contributed by atoms with Gasteiger partial charge < -0.3 is 14.7 Å². The summed E-state index contributed by atoms with van der Waals surface area (Å²) in [6, 6.07) is 28.5. The molecule has 0 spiro atoms. The number of carboxylic acids is 1. The first-order valence-corrected chi connectivity index (χ1v) is 9.82. The number of esters is 1. The number of methoxy groups -OCH3 is 1. The molecular weight excluding hydrogens is 378 g/mol. The van der Waals surface area contributed by atoms with E-state index in [1.54, 1.807) is 0 Å². The first kappa shape index (κ1) is 21.1. The molecule has 154 valence electrons. The van der Waals surface area contributed by atoms with Gasteiger partial charge in [-0.3, -0.25) is 9.59 Å². The van der Waals surface area contributed by atoms with Gasteiger partial charge in [-0.05, 0) is 23.3 Å². The molecule has 0 radical (unpaired) electrons. The van der Waals surface area contributed by atoms with Gasteiger partial charge in [0.1, 0.15) is 0 Å². The van der Waals surface area contributed by atoms with E-state index in [4.69, 9.17) is 4.74 Å². The van der Waals surface area contributed by atoms with Crippen LogP contribution in [0.25, 0.3) is 0 Å². The van der Waals surface area contributed by atoms with Crippen molar-refractivity contribution in [2.75, 3.05) is 12.0 Å². The Bertz CT molecular complexity index is 905. The third-order valence-corrected chi connectivity index (χ3v) is 5.00. The fourth-order valence-corrected chi connectivity index (χ4v) is 3.70. The smallest absolute Gasteiger partial charge is 0.307 e. The number of benzene rings is 3. The summed E-state index contributed by atoms with van der Waals surface area (Å²) < 4.78 is 4.88. The van der Waals surface area contributed by atoms with Crippen LogP contribution in [0.1, 0.15) is 30.0 Å². The Balaban J connectivity index is 2.19. The zero-order chi connectivity index (χ0) is 21.3. The molecule has 0 aliphatic rings. The second-order valence-electron chi connectivity index (χ2n) is 7.00. The van der Waals surface area contributed by atoms with E-state index in [2.05, 4.69) is 0 Å². The predicted molar refractivity (Wildman–Crippen MR) is 116 cm³/mol. The fraction of sp³-hybridized carbons (Fsp3) is 0.200. The molecule has 0 saturated heterocycles. The van der Waals surface area contributed by atoms with Crippen molar-refractivity contribution in [2.24, 2.45) is 0 Å². The molecule has 0 bridgehead atoms. The molecule has 3 aromatic carbocycles. The number of para-hydroxylation sites is 1. The molecule has 3 rings (SSSR count). The first-order valence-electron chi connectivity index (χ1n) is 9.82. The summed E-state index contributed by atoms with van der Waals surface area (Å²) in [6.07, 6.45) is -0.228. The van der Waals surface area contributed by atoms with Crippen LogP contribution in [0.2, 0.25) is 0 Å².